The third-order valence-corrected chi connectivity index (χ3v) is 3.09. The van der Waals surface area contributed by atoms with Gasteiger partial charge in [-0.3, -0.25) is 0 Å². The van der Waals surface area contributed by atoms with Gasteiger partial charge in [0.25, 0.3) is 0 Å². The van der Waals surface area contributed by atoms with Gasteiger partial charge in [0.05, 0.1) is 11.3 Å². The number of amides is 2. The number of carbonyl (C=O) groups excluding carboxylic acids is 1. The zero-order valence-electron chi connectivity index (χ0n) is 11.0. The van der Waals surface area contributed by atoms with Gasteiger partial charge in [0, 0.05) is 6.54 Å². The number of hydrogen-bond donors (Lipinski definition) is 3. The number of aliphatic hydroxyl groups is 1. The molecule has 0 unspecified atom stereocenters. The minimum atomic E-state index is -1.11. The van der Waals surface area contributed by atoms with Gasteiger partial charge in [-0.2, -0.15) is 0 Å². The van der Waals surface area contributed by atoms with Gasteiger partial charge in [-0.05, 0) is 25.0 Å². The summed E-state index contributed by atoms with van der Waals surface area (Å²) in [5.74, 6) is -2.14. The highest BCUT2D eigenvalue weighted by atomic mass is 19.2. The first kappa shape index (κ1) is 15.4. The molecule has 0 saturated heterocycles. The highest BCUT2D eigenvalue weighted by Crippen LogP contribution is 2.17. The summed E-state index contributed by atoms with van der Waals surface area (Å²) < 4.78 is 26.2. The molecule has 0 saturated carbocycles. The van der Waals surface area contributed by atoms with Crippen LogP contribution in [0.1, 0.15) is 26.7 Å². The van der Waals surface area contributed by atoms with Crippen LogP contribution in [0.4, 0.5) is 19.3 Å². The van der Waals surface area contributed by atoms with Gasteiger partial charge < -0.3 is 15.7 Å². The zero-order chi connectivity index (χ0) is 14.5. The summed E-state index contributed by atoms with van der Waals surface area (Å²) in [6, 6.07) is 2.82. The number of anilines is 1. The van der Waals surface area contributed by atoms with E-state index in [4.69, 9.17) is 0 Å². The lowest BCUT2D eigenvalue weighted by Gasteiger charge is -2.25. The Bertz CT molecular complexity index is 448. The van der Waals surface area contributed by atoms with Gasteiger partial charge in [-0.25, -0.2) is 13.6 Å². The average Bonchev–Trinajstić information content (AvgIpc) is 2.41. The summed E-state index contributed by atoms with van der Waals surface area (Å²) in [4.78, 5) is 11.5. The summed E-state index contributed by atoms with van der Waals surface area (Å²) >= 11 is 0. The number of benzene rings is 1. The maximum Gasteiger partial charge on any atom is 0.319 e. The maximum atomic E-state index is 13.3. The first-order valence-corrected chi connectivity index (χ1v) is 6.13. The maximum absolute atomic E-state index is 13.3. The molecule has 0 aromatic heterocycles. The van der Waals surface area contributed by atoms with Gasteiger partial charge in [0.15, 0.2) is 11.6 Å². The summed E-state index contributed by atoms with van der Waals surface area (Å²) in [6.07, 6.45) is 0.968. The molecule has 3 N–H and O–H groups in total. The molecule has 1 aromatic carbocycles. The SMILES string of the molecule is CCC(O)(CC)CNC(=O)Nc1cccc(F)c1F. The van der Waals surface area contributed by atoms with Gasteiger partial charge in [0.1, 0.15) is 0 Å². The van der Waals surface area contributed by atoms with Crippen LogP contribution in [0.2, 0.25) is 0 Å². The molecular weight excluding hydrogens is 254 g/mol. The van der Waals surface area contributed by atoms with Crippen molar-refractivity contribution in [3.63, 3.8) is 0 Å². The topological polar surface area (TPSA) is 61.4 Å². The van der Waals surface area contributed by atoms with E-state index >= 15 is 0 Å². The molecule has 106 valence electrons. The summed E-state index contributed by atoms with van der Waals surface area (Å²) in [6.45, 7) is 3.65. The summed E-state index contributed by atoms with van der Waals surface area (Å²) in [5, 5.41) is 14.6. The molecular formula is C13H18F2N2O2. The Morgan fingerprint density at radius 3 is 2.53 bits per heavy atom. The number of hydrogen-bond acceptors (Lipinski definition) is 2. The highest BCUT2D eigenvalue weighted by Gasteiger charge is 2.23. The van der Waals surface area contributed by atoms with E-state index in [9.17, 15) is 18.7 Å². The van der Waals surface area contributed by atoms with E-state index in [2.05, 4.69) is 10.6 Å². The number of halogens is 2. The Morgan fingerprint density at radius 2 is 1.95 bits per heavy atom. The fourth-order valence-electron chi connectivity index (χ4n) is 1.51. The highest BCUT2D eigenvalue weighted by molar-refractivity contribution is 5.89. The van der Waals surface area contributed by atoms with E-state index in [1.165, 1.54) is 12.1 Å². The Kier molecular flexibility index (Phi) is 5.23. The molecule has 0 fully saturated rings. The number of urea groups is 1. The molecule has 0 radical (unpaired) electrons. The van der Waals surface area contributed by atoms with Crippen molar-refractivity contribution in [3.05, 3.63) is 29.8 Å². The standard InChI is InChI=1S/C13H18F2N2O2/c1-3-13(19,4-2)8-16-12(18)17-10-7-5-6-9(14)11(10)15/h5-7,19H,3-4,8H2,1-2H3,(H2,16,17,18). The smallest absolute Gasteiger partial charge is 0.319 e. The Hall–Kier alpha value is -1.69. The Labute approximate surface area is 110 Å². The van der Waals surface area contributed by atoms with E-state index in [0.717, 1.165) is 6.07 Å². The number of nitrogens with one attached hydrogen (secondary N) is 2. The third kappa shape index (κ3) is 4.17. The van der Waals surface area contributed by atoms with E-state index in [0.29, 0.717) is 12.8 Å². The molecule has 1 rings (SSSR count). The molecule has 1 aromatic rings. The van der Waals surface area contributed by atoms with Gasteiger partial charge in [-0.1, -0.05) is 19.9 Å². The minimum Gasteiger partial charge on any atom is -0.388 e. The molecule has 4 nitrogen and oxygen atoms in total. The van der Waals surface area contributed by atoms with E-state index < -0.39 is 23.3 Å². The van der Waals surface area contributed by atoms with Crippen LogP contribution in [0, 0.1) is 11.6 Å². The first-order valence-electron chi connectivity index (χ1n) is 6.13. The van der Waals surface area contributed by atoms with Crippen molar-refractivity contribution in [1.82, 2.24) is 5.32 Å². The number of carbonyl (C=O) groups is 1. The van der Waals surface area contributed by atoms with Crippen molar-refractivity contribution in [2.45, 2.75) is 32.3 Å². The fraction of sp³-hybridized carbons (Fsp3) is 0.462. The van der Waals surface area contributed by atoms with Crippen molar-refractivity contribution >= 4 is 11.7 Å². The monoisotopic (exact) mass is 272 g/mol. The summed E-state index contributed by atoms with van der Waals surface area (Å²) in [5.41, 5.74) is -1.23. The van der Waals surface area contributed by atoms with Crippen LogP contribution in [0.3, 0.4) is 0 Å². The average molecular weight is 272 g/mol. The quantitative estimate of drug-likeness (QED) is 0.771. The van der Waals surface area contributed by atoms with Gasteiger partial charge in [-0.15, -0.1) is 0 Å². The molecule has 0 heterocycles. The minimum absolute atomic E-state index is 0.0444. The molecule has 0 aliphatic carbocycles. The Morgan fingerprint density at radius 1 is 1.32 bits per heavy atom. The molecule has 0 aliphatic rings. The predicted octanol–water partition coefficient (Wildman–Crippen LogP) is 2.64. The van der Waals surface area contributed by atoms with Crippen LogP contribution in [0.25, 0.3) is 0 Å². The van der Waals surface area contributed by atoms with Crippen LogP contribution >= 0.6 is 0 Å². The second-order valence-electron chi connectivity index (χ2n) is 4.34. The molecule has 0 aliphatic heterocycles. The molecule has 0 bridgehead atoms. The molecule has 0 atom stereocenters. The van der Waals surface area contributed by atoms with E-state index in [-0.39, 0.29) is 12.2 Å². The third-order valence-electron chi connectivity index (χ3n) is 3.09. The lowest BCUT2D eigenvalue weighted by molar-refractivity contribution is 0.0354. The van der Waals surface area contributed by atoms with Crippen LogP contribution in [-0.4, -0.2) is 23.3 Å². The largest absolute Gasteiger partial charge is 0.388 e. The molecule has 2 amide bonds. The molecule has 6 heteroatoms. The van der Waals surface area contributed by atoms with Crippen LogP contribution in [0.5, 0.6) is 0 Å². The van der Waals surface area contributed by atoms with Crippen molar-refractivity contribution in [2.24, 2.45) is 0 Å². The first-order chi connectivity index (χ1) is 8.91. The normalized spacial score (nSPS) is 11.2. The van der Waals surface area contributed by atoms with Crippen LogP contribution in [-0.2, 0) is 0 Å². The van der Waals surface area contributed by atoms with Gasteiger partial charge in [0.2, 0.25) is 0 Å². The second kappa shape index (κ2) is 6.47. The lowest BCUT2D eigenvalue weighted by Crippen LogP contribution is -2.43. The number of rotatable bonds is 5. The van der Waals surface area contributed by atoms with Crippen molar-refractivity contribution in [3.8, 4) is 0 Å². The van der Waals surface area contributed by atoms with Crippen LogP contribution < -0.4 is 10.6 Å². The molecule has 19 heavy (non-hydrogen) atoms. The van der Waals surface area contributed by atoms with Crippen molar-refractivity contribution < 1.29 is 18.7 Å². The predicted molar refractivity (Wildman–Crippen MR) is 68.9 cm³/mol. The zero-order valence-corrected chi connectivity index (χ0v) is 11.0. The van der Waals surface area contributed by atoms with E-state index in [1.807, 2.05) is 0 Å². The Balaban J connectivity index is 2.59. The second-order valence-corrected chi connectivity index (χ2v) is 4.34. The van der Waals surface area contributed by atoms with E-state index in [1.54, 1.807) is 13.8 Å². The van der Waals surface area contributed by atoms with Crippen molar-refractivity contribution in [2.75, 3.05) is 11.9 Å². The van der Waals surface area contributed by atoms with Crippen molar-refractivity contribution in [1.29, 1.82) is 0 Å². The molecule has 0 spiro atoms. The fourth-order valence-corrected chi connectivity index (χ4v) is 1.51. The summed E-state index contributed by atoms with van der Waals surface area (Å²) in [7, 11) is 0. The van der Waals surface area contributed by atoms with Crippen LogP contribution in [0.15, 0.2) is 18.2 Å². The van der Waals surface area contributed by atoms with Gasteiger partial charge >= 0.3 is 6.03 Å². The lowest BCUT2D eigenvalue weighted by atomic mass is 9.98.